The minimum Gasteiger partial charge on any atom is -0.480 e. The number of hydrogen-bond acceptors (Lipinski definition) is 7. The molecule has 1 N–H and O–H groups in total. The SMILES string of the molecule is COc1ncc(-c2ccc3nccc(-c4ccnnc4)c3c2)cc1NSc1ccc(F)cc1F. The van der Waals surface area contributed by atoms with Crippen molar-refractivity contribution in [2.75, 3.05) is 11.8 Å². The molecule has 0 aliphatic heterocycles. The van der Waals surface area contributed by atoms with Crippen LogP contribution in [0, 0.1) is 11.6 Å². The minimum absolute atomic E-state index is 0.251. The van der Waals surface area contributed by atoms with Crippen LogP contribution in [0.15, 0.2) is 84.3 Å². The predicted octanol–water partition coefficient (Wildman–Crippen LogP) is 6.16. The number of fused-ring (bicyclic) bond motifs is 1. The van der Waals surface area contributed by atoms with Crippen LogP contribution in [0.2, 0.25) is 0 Å². The largest absolute Gasteiger partial charge is 0.480 e. The number of hydrogen-bond donors (Lipinski definition) is 1. The lowest BCUT2D eigenvalue weighted by molar-refractivity contribution is 0.400. The summed E-state index contributed by atoms with van der Waals surface area (Å²) in [6.45, 7) is 0. The molecule has 5 aromatic rings. The van der Waals surface area contributed by atoms with Gasteiger partial charge in [0.1, 0.15) is 17.3 Å². The highest BCUT2D eigenvalue weighted by Crippen LogP contribution is 2.35. The second kappa shape index (κ2) is 9.40. The Hall–Kier alpha value is -4.11. The Kier molecular flexibility index (Phi) is 6.01. The number of ether oxygens (including phenoxy) is 1. The highest BCUT2D eigenvalue weighted by atomic mass is 32.2. The first-order valence-electron chi connectivity index (χ1n) is 10.2. The highest BCUT2D eigenvalue weighted by molar-refractivity contribution is 8.00. The average Bonchev–Trinajstić information content (AvgIpc) is 2.88. The Bertz CT molecular complexity index is 1480. The van der Waals surface area contributed by atoms with Gasteiger partial charge in [0, 0.05) is 35.0 Å². The fraction of sp³-hybridized carbons (Fsp3) is 0.0400. The molecule has 0 unspecified atom stereocenters. The van der Waals surface area contributed by atoms with E-state index in [-0.39, 0.29) is 4.90 Å². The molecular weight excluding hydrogens is 456 g/mol. The normalized spacial score (nSPS) is 10.9. The van der Waals surface area contributed by atoms with E-state index >= 15 is 0 Å². The fourth-order valence-corrected chi connectivity index (χ4v) is 4.20. The molecule has 0 aliphatic carbocycles. The number of nitrogens with zero attached hydrogens (tertiary/aromatic N) is 4. The molecule has 0 saturated carbocycles. The van der Waals surface area contributed by atoms with Crippen molar-refractivity contribution in [2.24, 2.45) is 0 Å². The summed E-state index contributed by atoms with van der Waals surface area (Å²) in [5, 5.41) is 8.80. The Labute approximate surface area is 198 Å². The van der Waals surface area contributed by atoms with Crippen molar-refractivity contribution in [1.82, 2.24) is 20.2 Å². The van der Waals surface area contributed by atoms with Crippen molar-refractivity contribution in [2.45, 2.75) is 4.90 Å². The molecule has 0 radical (unpaired) electrons. The third-order valence-electron chi connectivity index (χ3n) is 5.18. The summed E-state index contributed by atoms with van der Waals surface area (Å²) in [5.74, 6) is -0.929. The van der Waals surface area contributed by atoms with Gasteiger partial charge in [0.05, 0.1) is 29.9 Å². The average molecular weight is 474 g/mol. The summed E-state index contributed by atoms with van der Waals surface area (Å²) < 4.78 is 35.7. The molecule has 0 amide bonds. The van der Waals surface area contributed by atoms with Gasteiger partial charge in [-0.05, 0) is 65.5 Å². The first kappa shape index (κ1) is 21.7. The summed E-state index contributed by atoms with van der Waals surface area (Å²) in [4.78, 5) is 9.12. The molecule has 0 fully saturated rings. The number of halogens is 2. The van der Waals surface area contributed by atoms with Crippen molar-refractivity contribution < 1.29 is 13.5 Å². The fourth-order valence-electron chi connectivity index (χ4n) is 3.54. The molecule has 3 heterocycles. The smallest absolute Gasteiger partial charge is 0.237 e. The molecule has 0 saturated heterocycles. The van der Waals surface area contributed by atoms with Gasteiger partial charge in [-0.15, -0.1) is 0 Å². The first-order chi connectivity index (χ1) is 16.6. The van der Waals surface area contributed by atoms with E-state index in [4.69, 9.17) is 4.74 Å². The second-order valence-corrected chi connectivity index (χ2v) is 8.13. The summed E-state index contributed by atoms with van der Waals surface area (Å²) in [5.41, 5.74) is 5.07. The van der Waals surface area contributed by atoms with Gasteiger partial charge in [0.15, 0.2) is 0 Å². The summed E-state index contributed by atoms with van der Waals surface area (Å²) in [7, 11) is 1.51. The molecule has 6 nitrogen and oxygen atoms in total. The summed E-state index contributed by atoms with van der Waals surface area (Å²) in [6, 6.07) is 15.1. The van der Waals surface area contributed by atoms with Crippen molar-refractivity contribution in [3.8, 4) is 28.1 Å². The first-order valence-corrected chi connectivity index (χ1v) is 11.0. The molecule has 168 valence electrons. The van der Waals surface area contributed by atoms with Gasteiger partial charge in [-0.3, -0.25) is 4.98 Å². The van der Waals surface area contributed by atoms with Crippen LogP contribution in [0.3, 0.4) is 0 Å². The number of pyridine rings is 2. The molecule has 0 spiro atoms. The van der Waals surface area contributed by atoms with E-state index in [1.165, 1.54) is 19.2 Å². The van der Waals surface area contributed by atoms with Gasteiger partial charge in [-0.1, -0.05) is 6.07 Å². The molecule has 0 bridgehead atoms. The highest BCUT2D eigenvalue weighted by Gasteiger charge is 2.12. The van der Waals surface area contributed by atoms with Gasteiger partial charge < -0.3 is 9.46 Å². The van der Waals surface area contributed by atoms with Crippen molar-refractivity contribution in [1.29, 1.82) is 0 Å². The van der Waals surface area contributed by atoms with Crippen LogP contribution < -0.4 is 9.46 Å². The van der Waals surface area contributed by atoms with Gasteiger partial charge in [0.2, 0.25) is 5.88 Å². The Morgan fingerprint density at radius 1 is 0.824 bits per heavy atom. The number of benzene rings is 2. The van der Waals surface area contributed by atoms with Gasteiger partial charge in [0.25, 0.3) is 0 Å². The third-order valence-corrected chi connectivity index (χ3v) is 6.05. The van der Waals surface area contributed by atoms with Gasteiger partial charge >= 0.3 is 0 Å². The Morgan fingerprint density at radius 2 is 1.74 bits per heavy atom. The maximum absolute atomic E-state index is 14.0. The van der Waals surface area contributed by atoms with Gasteiger partial charge in [-0.25, -0.2) is 13.8 Å². The van der Waals surface area contributed by atoms with E-state index < -0.39 is 11.6 Å². The monoisotopic (exact) mass is 473 g/mol. The topological polar surface area (TPSA) is 72.8 Å². The molecule has 0 atom stereocenters. The number of anilines is 1. The van der Waals surface area contributed by atoms with Crippen LogP contribution in [0.4, 0.5) is 14.5 Å². The number of aromatic nitrogens is 4. The summed E-state index contributed by atoms with van der Waals surface area (Å²) >= 11 is 1.01. The van der Waals surface area contributed by atoms with E-state index in [2.05, 4.69) is 24.9 Å². The van der Waals surface area contributed by atoms with E-state index in [9.17, 15) is 8.78 Å². The van der Waals surface area contributed by atoms with Crippen LogP contribution in [0.5, 0.6) is 5.88 Å². The van der Waals surface area contributed by atoms with Crippen LogP contribution in [-0.2, 0) is 0 Å². The Balaban J connectivity index is 1.51. The molecule has 3 aromatic heterocycles. The maximum atomic E-state index is 14.0. The number of nitrogens with one attached hydrogen (secondary N) is 1. The molecular formula is C25H17F2N5OS. The van der Waals surface area contributed by atoms with E-state index in [0.29, 0.717) is 11.6 Å². The zero-order valence-electron chi connectivity index (χ0n) is 17.9. The lowest BCUT2D eigenvalue weighted by Crippen LogP contribution is -1.97. The van der Waals surface area contributed by atoms with Crippen LogP contribution in [0.25, 0.3) is 33.2 Å². The van der Waals surface area contributed by atoms with Crippen molar-refractivity contribution >= 4 is 28.5 Å². The lowest BCUT2D eigenvalue weighted by Gasteiger charge is -2.13. The van der Waals surface area contributed by atoms with Crippen molar-refractivity contribution in [3.05, 3.63) is 91.0 Å². The predicted molar refractivity (Wildman–Crippen MR) is 128 cm³/mol. The zero-order valence-corrected chi connectivity index (χ0v) is 18.7. The number of methoxy groups -OCH3 is 1. The van der Waals surface area contributed by atoms with E-state index in [1.54, 1.807) is 24.8 Å². The van der Waals surface area contributed by atoms with Crippen LogP contribution >= 0.6 is 11.9 Å². The van der Waals surface area contributed by atoms with E-state index in [1.807, 2.05) is 36.4 Å². The van der Waals surface area contributed by atoms with Gasteiger partial charge in [-0.2, -0.15) is 10.2 Å². The minimum atomic E-state index is -0.652. The zero-order chi connectivity index (χ0) is 23.5. The van der Waals surface area contributed by atoms with Crippen LogP contribution in [0.1, 0.15) is 0 Å². The Morgan fingerprint density at radius 3 is 2.53 bits per heavy atom. The quantitative estimate of drug-likeness (QED) is 0.296. The molecule has 2 aromatic carbocycles. The summed E-state index contributed by atoms with van der Waals surface area (Å²) in [6.07, 6.45) is 6.83. The standard InChI is InChI=1S/C25H17F2N5OS/c1-33-25-23(32-34-24-5-3-18(26)12-21(24)27)11-17(13-29-25)15-2-4-22-20(10-15)19(7-8-28-22)16-6-9-30-31-14-16/h2-14,32H,1H3. The van der Waals surface area contributed by atoms with Crippen molar-refractivity contribution in [3.63, 3.8) is 0 Å². The maximum Gasteiger partial charge on any atom is 0.237 e. The van der Waals surface area contributed by atoms with E-state index in [0.717, 1.165) is 51.2 Å². The molecule has 5 rings (SSSR count). The second-order valence-electron chi connectivity index (χ2n) is 7.28. The third kappa shape index (κ3) is 4.38. The number of rotatable bonds is 6. The molecule has 34 heavy (non-hydrogen) atoms. The molecule has 0 aliphatic rings. The lowest BCUT2D eigenvalue weighted by atomic mass is 9.99. The molecule has 9 heteroatoms. The van der Waals surface area contributed by atoms with Crippen LogP contribution in [-0.4, -0.2) is 27.3 Å².